The molecule has 2 heterocycles. The predicted molar refractivity (Wildman–Crippen MR) is 82.6 cm³/mol. The van der Waals surface area contributed by atoms with Crippen LogP contribution in [0.5, 0.6) is 0 Å². The fourth-order valence-corrected chi connectivity index (χ4v) is 1.95. The van der Waals surface area contributed by atoms with Crippen molar-refractivity contribution in [1.82, 2.24) is 10.2 Å². The molecular formula is C15H11ClN4O2. The molecule has 1 aliphatic rings. The smallest absolute Gasteiger partial charge is 0.365 e. The molecule has 7 heteroatoms. The van der Waals surface area contributed by atoms with Gasteiger partial charge in [0.15, 0.2) is 16.7 Å². The third-order valence-electron chi connectivity index (χ3n) is 2.94. The van der Waals surface area contributed by atoms with Crippen LogP contribution in [-0.2, 0) is 9.53 Å². The fraction of sp³-hybridized carbons (Fsp3) is 0.0667. The van der Waals surface area contributed by atoms with Crippen LogP contribution in [0.15, 0.2) is 59.4 Å². The van der Waals surface area contributed by atoms with Gasteiger partial charge in [-0.05, 0) is 24.3 Å². The van der Waals surface area contributed by atoms with Crippen LogP contribution in [0.1, 0.15) is 5.56 Å². The van der Waals surface area contributed by atoms with Crippen LogP contribution in [0.25, 0.3) is 0 Å². The maximum Gasteiger partial charge on any atom is 0.365 e. The Labute approximate surface area is 131 Å². The molecule has 0 amide bonds. The molecule has 0 aliphatic carbocycles. The van der Waals surface area contributed by atoms with E-state index in [0.29, 0.717) is 11.0 Å². The molecule has 1 aromatic carbocycles. The third-order valence-corrected chi connectivity index (χ3v) is 3.14. The molecular weight excluding hydrogens is 304 g/mol. The highest BCUT2D eigenvalue weighted by Crippen LogP contribution is 2.18. The van der Waals surface area contributed by atoms with E-state index < -0.39 is 5.97 Å². The number of carbonyl (C=O) groups excluding carboxylic acids is 1. The van der Waals surface area contributed by atoms with Crippen molar-refractivity contribution < 1.29 is 9.53 Å². The lowest BCUT2D eigenvalue weighted by Gasteiger charge is -2.11. The van der Waals surface area contributed by atoms with Gasteiger partial charge in [-0.2, -0.15) is 0 Å². The van der Waals surface area contributed by atoms with Crippen LogP contribution in [0, 0.1) is 0 Å². The van der Waals surface area contributed by atoms with Gasteiger partial charge in [0.25, 0.3) is 0 Å². The van der Waals surface area contributed by atoms with E-state index in [1.807, 2.05) is 30.3 Å². The molecule has 2 aromatic rings. The lowest BCUT2D eigenvalue weighted by molar-refractivity contribution is -0.130. The molecule has 0 atom stereocenters. The summed E-state index contributed by atoms with van der Waals surface area (Å²) < 4.78 is 5.17. The van der Waals surface area contributed by atoms with E-state index in [4.69, 9.17) is 16.3 Å². The van der Waals surface area contributed by atoms with Gasteiger partial charge in [0.2, 0.25) is 5.90 Å². The van der Waals surface area contributed by atoms with Gasteiger partial charge in [0, 0.05) is 18.8 Å². The minimum atomic E-state index is -0.507. The largest absolute Gasteiger partial charge is 0.402 e. The average molecular weight is 315 g/mol. The van der Waals surface area contributed by atoms with Crippen molar-refractivity contribution in [2.24, 2.45) is 4.99 Å². The molecule has 110 valence electrons. The molecule has 22 heavy (non-hydrogen) atoms. The number of ether oxygens (including phenoxy) is 1. The quantitative estimate of drug-likeness (QED) is 0.643. The van der Waals surface area contributed by atoms with Crippen LogP contribution in [0.3, 0.4) is 0 Å². The number of hydrogen-bond acceptors (Lipinski definition) is 6. The van der Waals surface area contributed by atoms with Gasteiger partial charge < -0.3 is 9.64 Å². The van der Waals surface area contributed by atoms with Crippen molar-refractivity contribution in [3.63, 3.8) is 0 Å². The summed E-state index contributed by atoms with van der Waals surface area (Å²) >= 11 is 5.69. The first-order chi connectivity index (χ1) is 10.6. The Morgan fingerprint density at radius 1 is 1.14 bits per heavy atom. The first-order valence-electron chi connectivity index (χ1n) is 6.43. The zero-order chi connectivity index (χ0) is 15.5. The lowest BCUT2D eigenvalue weighted by Crippen LogP contribution is -2.13. The number of benzene rings is 1. The summed E-state index contributed by atoms with van der Waals surface area (Å²) in [6.07, 6.45) is 1.54. The molecule has 3 rings (SSSR count). The van der Waals surface area contributed by atoms with Crippen LogP contribution in [0.2, 0.25) is 5.15 Å². The zero-order valence-corrected chi connectivity index (χ0v) is 12.4. The minimum Gasteiger partial charge on any atom is -0.402 e. The van der Waals surface area contributed by atoms with E-state index in [1.54, 1.807) is 24.1 Å². The van der Waals surface area contributed by atoms with Gasteiger partial charge >= 0.3 is 5.97 Å². The van der Waals surface area contributed by atoms with Gasteiger partial charge in [-0.15, -0.1) is 10.2 Å². The summed E-state index contributed by atoms with van der Waals surface area (Å²) in [5.41, 5.74) is 0.936. The van der Waals surface area contributed by atoms with E-state index in [9.17, 15) is 4.79 Å². The molecule has 1 aromatic heterocycles. The Morgan fingerprint density at radius 3 is 2.59 bits per heavy atom. The Balaban J connectivity index is 1.86. The first-order valence-corrected chi connectivity index (χ1v) is 6.81. The average Bonchev–Trinajstić information content (AvgIpc) is 2.90. The topological polar surface area (TPSA) is 67.7 Å². The lowest BCUT2D eigenvalue weighted by atomic mass is 10.2. The van der Waals surface area contributed by atoms with Crippen molar-refractivity contribution in [3.05, 3.63) is 65.1 Å². The Morgan fingerprint density at radius 2 is 1.91 bits per heavy atom. The van der Waals surface area contributed by atoms with E-state index in [2.05, 4.69) is 15.2 Å². The van der Waals surface area contributed by atoms with Crippen LogP contribution >= 0.6 is 11.6 Å². The van der Waals surface area contributed by atoms with Gasteiger partial charge in [0.1, 0.15) is 0 Å². The summed E-state index contributed by atoms with van der Waals surface area (Å²) in [5.74, 6) is 0.313. The highest BCUT2D eigenvalue weighted by molar-refractivity contribution is 6.29. The van der Waals surface area contributed by atoms with Crippen molar-refractivity contribution >= 4 is 29.3 Å². The summed E-state index contributed by atoms with van der Waals surface area (Å²) in [7, 11) is 1.73. The molecule has 0 saturated carbocycles. The summed E-state index contributed by atoms with van der Waals surface area (Å²) in [4.78, 5) is 17.7. The number of cyclic esters (lactones) is 1. The normalized spacial score (nSPS) is 15.6. The molecule has 6 nitrogen and oxygen atoms in total. The van der Waals surface area contributed by atoms with Crippen LogP contribution in [-0.4, -0.2) is 29.1 Å². The molecule has 0 fully saturated rings. The minimum absolute atomic E-state index is 0.193. The number of halogens is 1. The second-order valence-corrected chi connectivity index (χ2v) is 4.90. The molecule has 0 saturated heterocycles. The fourth-order valence-electron chi connectivity index (χ4n) is 1.85. The predicted octanol–water partition coefficient (Wildman–Crippen LogP) is 2.41. The van der Waals surface area contributed by atoms with Crippen LogP contribution in [0.4, 0.5) is 5.82 Å². The van der Waals surface area contributed by atoms with E-state index in [-0.39, 0.29) is 11.6 Å². The number of aromatic nitrogens is 2. The Kier molecular flexibility index (Phi) is 3.84. The maximum absolute atomic E-state index is 11.9. The maximum atomic E-state index is 11.9. The number of rotatable bonds is 3. The molecule has 0 N–H and O–H groups in total. The molecule has 0 unspecified atom stereocenters. The Hall–Kier alpha value is -2.73. The SMILES string of the molecule is CN(/C=C1\N=C(c2ccccc2)OC1=O)c1ccc(Cl)nn1. The first kappa shape index (κ1) is 14.2. The monoisotopic (exact) mass is 314 g/mol. The molecule has 0 radical (unpaired) electrons. The molecule has 0 spiro atoms. The van der Waals surface area contributed by atoms with Crippen molar-refractivity contribution in [1.29, 1.82) is 0 Å². The van der Waals surface area contributed by atoms with E-state index in [1.165, 1.54) is 6.20 Å². The van der Waals surface area contributed by atoms with Crippen molar-refractivity contribution in [2.75, 3.05) is 11.9 Å². The number of esters is 1. The van der Waals surface area contributed by atoms with E-state index >= 15 is 0 Å². The van der Waals surface area contributed by atoms with Gasteiger partial charge in [0.05, 0.1) is 0 Å². The number of nitrogens with zero attached hydrogens (tertiary/aromatic N) is 4. The van der Waals surface area contributed by atoms with E-state index in [0.717, 1.165) is 5.56 Å². The highest BCUT2D eigenvalue weighted by Gasteiger charge is 2.24. The van der Waals surface area contributed by atoms with Gasteiger partial charge in [-0.25, -0.2) is 9.79 Å². The standard InChI is InChI=1S/C15H11ClN4O2/c1-20(13-8-7-12(16)18-19-13)9-11-15(21)22-14(17-11)10-5-3-2-4-6-10/h2-9H,1H3/b11-9-. The molecule has 1 aliphatic heterocycles. The van der Waals surface area contributed by atoms with Crippen molar-refractivity contribution in [2.45, 2.75) is 0 Å². The number of aliphatic imine (C=N–C) groups is 1. The van der Waals surface area contributed by atoms with Crippen LogP contribution < -0.4 is 4.90 Å². The third kappa shape index (κ3) is 2.96. The van der Waals surface area contributed by atoms with Gasteiger partial charge in [-0.3, -0.25) is 0 Å². The van der Waals surface area contributed by atoms with Gasteiger partial charge in [-0.1, -0.05) is 29.8 Å². The second kappa shape index (κ2) is 5.95. The number of hydrogen-bond donors (Lipinski definition) is 0. The number of carbonyl (C=O) groups is 1. The second-order valence-electron chi connectivity index (χ2n) is 4.51. The Bertz CT molecular complexity index is 757. The van der Waals surface area contributed by atoms with Crippen molar-refractivity contribution in [3.8, 4) is 0 Å². The summed E-state index contributed by atoms with van der Waals surface area (Å²) in [5, 5.41) is 7.97. The zero-order valence-electron chi connectivity index (χ0n) is 11.6. The number of anilines is 1. The summed E-state index contributed by atoms with van der Waals surface area (Å²) in [6.45, 7) is 0. The molecule has 0 bridgehead atoms. The highest BCUT2D eigenvalue weighted by atomic mass is 35.5. The summed E-state index contributed by atoms with van der Waals surface area (Å²) in [6, 6.07) is 12.5.